The molecule has 0 saturated carbocycles. The van der Waals surface area contributed by atoms with Crippen molar-refractivity contribution in [3.05, 3.63) is 34.1 Å². The minimum absolute atomic E-state index is 0.158. The molecule has 20 heavy (non-hydrogen) atoms. The number of piperidine rings is 1. The smallest absolute Gasteiger partial charge is 0.137 e. The van der Waals surface area contributed by atoms with Crippen molar-refractivity contribution in [3.8, 4) is 0 Å². The van der Waals surface area contributed by atoms with Gasteiger partial charge >= 0.3 is 0 Å². The molecule has 0 spiro atoms. The third-order valence-electron chi connectivity index (χ3n) is 4.58. The van der Waals surface area contributed by atoms with E-state index in [9.17, 15) is 4.39 Å². The van der Waals surface area contributed by atoms with E-state index >= 15 is 0 Å². The van der Waals surface area contributed by atoms with Crippen molar-refractivity contribution in [1.82, 2.24) is 9.80 Å². The highest BCUT2D eigenvalue weighted by Gasteiger charge is 2.28. The van der Waals surface area contributed by atoms with Crippen molar-refractivity contribution < 1.29 is 4.39 Å². The van der Waals surface area contributed by atoms with E-state index in [0.29, 0.717) is 10.5 Å². The van der Waals surface area contributed by atoms with E-state index in [2.05, 4.69) is 25.7 Å². The Kier molecular flexibility index (Phi) is 4.74. The molecule has 2 saturated heterocycles. The van der Waals surface area contributed by atoms with Crippen molar-refractivity contribution in [2.24, 2.45) is 0 Å². The summed E-state index contributed by atoms with van der Waals surface area (Å²) < 4.78 is 14.2. The number of nitrogens with zero attached hydrogens (tertiary/aromatic N) is 2. The highest BCUT2D eigenvalue weighted by Crippen LogP contribution is 2.25. The maximum absolute atomic E-state index is 13.5. The maximum Gasteiger partial charge on any atom is 0.137 e. The maximum atomic E-state index is 13.5. The largest absolute Gasteiger partial charge is 0.299 e. The zero-order chi connectivity index (χ0) is 13.9. The summed E-state index contributed by atoms with van der Waals surface area (Å²) in [5.41, 5.74) is 1.06. The Balaban J connectivity index is 1.58. The molecule has 1 unspecified atom stereocenters. The van der Waals surface area contributed by atoms with Crippen LogP contribution in [0, 0.1) is 5.82 Å². The first-order chi connectivity index (χ1) is 9.74. The molecule has 1 atom stereocenters. The van der Waals surface area contributed by atoms with Gasteiger partial charge in [0.2, 0.25) is 0 Å². The van der Waals surface area contributed by atoms with E-state index in [1.807, 2.05) is 6.07 Å². The quantitative estimate of drug-likeness (QED) is 0.828. The fourth-order valence-corrected chi connectivity index (χ4v) is 3.84. The molecule has 2 fully saturated rings. The topological polar surface area (TPSA) is 6.48 Å². The molecular formula is C16H22BrFN2. The second-order valence-corrected chi connectivity index (χ2v) is 6.78. The molecule has 0 amide bonds. The Bertz CT molecular complexity index is 460. The summed E-state index contributed by atoms with van der Waals surface area (Å²) in [6, 6.07) is 6.03. The molecule has 2 heterocycles. The van der Waals surface area contributed by atoms with E-state index in [-0.39, 0.29) is 5.82 Å². The second kappa shape index (κ2) is 6.54. The average molecular weight is 341 g/mol. The van der Waals surface area contributed by atoms with Crippen LogP contribution in [0.15, 0.2) is 22.7 Å². The van der Waals surface area contributed by atoms with Crippen LogP contribution in [0.5, 0.6) is 0 Å². The number of hydrogen-bond donors (Lipinski definition) is 0. The van der Waals surface area contributed by atoms with Crippen molar-refractivity contribution in [3.63, 3.8) is 0 Å². The van der Waals surface area contributed by atoms with Crippen molar-refractivity contribution >= 4 is 15.9 Å². The predicted octanol–water partition coefficient (Wildman–Crippen LogP) is 3.65. The molecule has 2 nitrogen and oxygen atoms in total. The third kappa shape index (κ3) is 3.23. The molecule has 2 aliphatic heterocycles. The SMILES string of the molecule is Fc1cccc(CN2CCC(N3CCCCC3)C2)c1Br. The van der Waals surface area contributed by atoms with Crippen LogP contribution in [-0.4, -0.2) is 42.0 Å². The monoisotopic (exact) mass is 340 g/mol. The first-order valence-electron chi connectivity index (χ1n) is 7.63. The summed E-state index contributed by atoms with van der Waals surface area (Å²) >= 11 is 3.37. The lowest BCUT2D eigenvalue weighted by atomic mass is 10.1. The predicted molar refractivity (Wildman–Crippen MR) is 83.2 cm³/mol. The minimum atomic E-state index is -0.158. The fourth-order valence-electron chi connectivity index (χ4n) is 3.45. The highest BCUT2D eigenvalue weighted by atomic mass is 79.9. The lowest BCUT2D eigenvalue weighted by molar-refractivity contribution is 0.161. The molecule has 110 valence electrons. The van der Waals surface area contributed by atoms with Gasteiger partial charge in [-0.1, -0.05) is 18.6 Å². The molecule has 0 N–H and O–H groups in total. The summed E-state index contributed by atoms with van der Waals surface area (Å²) in [4.78, 5) is 5.11. The van der Waals surface area contributed by atoms with E-state index in [1.54, 1.807) is 6.07 Å². The van der Waals surface area contributed by atoms with Gasteiger partial charge in [0.15, 0.2) is 0 Å². The Morgan fingerprint density at radius 3 is 2.75 bits per heavy atom. The van der Waals surface area contributed by atoms with Gasteiger partial charge < -0.3 is 0 Å². The number of halogens is 2. The van der Waals surface area contributed by atoms with Gasteiger partial charge in [-0.25, -0.2) is 4.39 Å². The summed E-state index contributed by atoms with van der Waals surface area (Å²) in [5, 5.41) is 0. The first-order valence-corrected chi connectivity index (χ1v) is 8.42. The van der Waals surface area contributed by atoms with Crippen molar-refractivity contribution in [2.75, 3.05) is 26.2 Å². The summed E-state index contributed by atoms with van der Waals surface area (Å²) in [6.07, 6.45) is 5.36. The molecule has 4 heteroatoms. The zero-order valence-electron chi connectivity index (χ0n) is 11.8. The molecule has 0 aliphatic carbocycles. The summed E-state index contributed by atoms with van der Waals surface area (Å²) in [5.74, 6) is -0.158. The van der Waals surface area contributed by atoms with Crippen LogP contribution in [0.2, 0.25) is 0 Å². The first kappa shape index (κ1) is 14.5. The van der Waals surface area contributed by atoms with Crippen molar-refractivity contribution in [1.29, 1.82) is 0 Å². The van der Waals surface area contributed by atoms with Crippen LogP contribution in [-0.2, 0) is 6.54 Å². The number of hydrogen-bond acceptors (Lipinski definition) is 2. The highest BCUT2D eigenvalue weighted by molar-refractivity contribution is 9.10. The third-order valence-corrected chi connectivity index (χ3v) is 5.47. The van der Waals surface area contributed by atoms with Gasteiger partial charge in [-0.05, 0) is 59.9 Å². The van der Waals surface area contributed by atoms with Crippen LogP contribution < -0.4 is 0 Å². The lowest BCUT2D eigenvalue weighted by Crippen LogP contribution is -2.40. The fraction of sp³-hybridized carbons (Fsp3) is 0.625. The van der Waals surface area contributed by atoms with Gasteiger partial charge in [0.05, 0.1) is 4.47 Å². The number of rotatable bonds is 3. The molecule has 3 rings (SSSR count). The number of likely N-dealkylation sites (tertiary alicyclic amines) is 2. The van der Waals surface area contributed by atoms with Crippen LogP contribution in [0.4, 0.5) is 4.39 Å². The van der Waals surface area contributed by atoms with Crippen LogP contribution in [0.1, 0.15) is 31.2 Å². The number of benzene rings is 1. The van der Waals surface area contributed by atoms with Crippen LogP contribution in [0.25, 0.3) is 0 Å². The Labute approximate surface area is 129 Å². The van der Waals surface area contributed by atoms with Crippen molar-refractivity contribution in [2.45, 2.75) is 38.3 Å². The van der Waals surface area contributed by atoms with Gasteiger partial charge in [0, 0.05) is 25.7 Å². The molecule has 0 radical (unpaired) electrons. The van der Waals surface area contributed by atoms with Gasteiger partial charge in [-0.3, -0.25) is 9.80 Å². The van der Waals surface area contributed by atoms with E-state index in [0.717, 1.165) is 25.2 Å². The van der Waals surface area contributed by atoms with Crippen LogP contribution >= 0.6 is 15.9 Å². The molecule has 1 aromatic rings. The van der Waals surface area contributed by atoms with E-state index < -0.39 is 0 Å². The Morgan fingerprint density at radius 2 is 1.95 bits per heavy atom. The van der Waals surface area contributed by atoms with Gasteiger partial charge in [-0.2, -0.15) is 0 Å². The standard InChI is InChI=1S/C16H22BrFN2/c17-16-13(5-4-6-15(16)18)11-19-10-7-14(12-19)20-8-2-1-3-9-20/h4-6,14H,1-3,7-12H2. The molecule has 0 aromatic heterocycles. The van der Waals surface area contributed by atoms with E-state index in [1.165, 1.54) is 44.8 Å². The molecular weight excluding hydrogens is 319 g/mol. The molecule has 0 bridgehead atoms. The zero-order valence-corrected chi connectivity index (χ0v) is 13.4. The Hall–Kier alpha value is -0.450. The molecule has 2 aliphatic rings. The van der Waals surface area contributed by atoms with Gasteiger partial charge in [0.1, 0.15) is 5.82 Å². The van der Waals surface area contributed by atoms with E-state index in [4.69, 9.17) is 0 Å². The van der Waals surface area contributed by atoms with Gasteiger partial charge in [0.25, 0.3) is 0 Å². The summed E-state index contributed by atoms with van der Waals surface area (Å²) in [7, 11) is 0. The molecule has 1 aromatic carbocycles. The summed E-state index contributed by atoms with van der Waals surface area (Å²) in [6.45, 7) is 5.64. The normalized spacial score (nSPS) is 25.2. The Morgan fingerprint density at radius 1 is 1.15 bits per heavy atom. The lowest BCUT2D eigenvalue weighted by Gasteiger charge is -2.32. The van der Waals surface area contributed by atoms with Crippen LogP contribution in [0.3, 0.4) is 0 Å². The second-order valence-electron chi connectivity index (χ2n) is 5.99. The minimum Gasteiger partial charge on any atom is -0.299 e. The average Bonchev–Trinajstić information content (AvgIpc) is 2.93. The van der Waals surface area contributed by atoms with Gasteiger partial charge in [-0.15, -0.1) is 0 Å².